The van der Waals surface area contributed by atoms with E-state index in [0.29, 0.717) is 5.56 Å². The van der Waals surface area contributed by atoms with Crippen LogP contribution in [-0.2, 0) is 0 Å². The summed E-state index contributed by atoms with van der Waals surface area (Å²) in [6.07, 6.45) is 1.34. The summed E-state index contributed by atoms with van der Waals surface area (Å²) >= 11 is 0. The molecule has 17 heavy (non-hydrogen) atoms. The van der Waals surface area contributed by atoms with Gasteiger partial charge in [-0.05, 0) is 17.7 Å². The number of allylic oxidation sites excluding steroid dienone is 1. The summed E-state index contributed by atoms with van der Waals surface area (Å²) in [7, 11) is 1.53. The second-order valence-electron chi connectivity index (χ2n) is 3.13. The maximum Gasteiger partial charge on any atom is 0.269 e. The number of rotatable bonds is 3. The highest BCUT2D eigenvalue weighted by atomic mass is 16.6. The van der Waals surface area contributed by atoms with Crippen LogP contribution >= 0.6 is 0 Å². The van der Waals surface area contributed by atoms with Gasteiger partial charge < -0.3 is 5.73 Å². The first-order chi connectivity index (χ1) is 8.10. The molecule has 2 N–H and O–H groups in total. The summed E-state index contributed by atoms with van der Waals surface area (Å²) in [5.74, 6) is 0. The minimum atomic E-state index is -0.498. The predicted molar refractivity (Wildman–Crippen MR) is 64.2 cm³/mol. The molecule has 0 aliphatic heterocycles. The number of nitro groups is 1. The number of nitrogens with two attached hydrogens (primary N) is 1. The lowest BCUT2D eigenvalue weighted by molar-refractivity contribution is -0.384. The molecule has 0 radical (unpaired) electrons. The highest BCUT2D eigenvalue weighted by Gasteiger charge is 2.07. The molecule has 1 rings (SSSR count). The molecule has 0 aliphatic carbocycles. The van der Waals surface area contributed by atoms with Crippen LogP contribution in [0.25, 0.3) is 5.70 Å². The molecule has 0 amide bonds. The SMILES string of the molecule is C/N=C\C(C#N)=C(/N)c1ccc([N+](=O)[O-])cc1. The Balaban J connectivity index is 3.17. The van der Waals surface area contributed by atoms with Crippen molar-refractivity contribution in [3.05, 3.63) is 45.5 Å². The number of non-ortho nitro benzene ring substituents is 1. The largest absolute Gasteiger partial charge is 0.397 e. The fraction of sp³-hybridized carbons (Fsp3) is 0.0909. The van der Waals surface area contributed by atoms with E-state index in [1.807, 2.05) is 6.07 Å². The van der Waals surface area contributed by atoms with Crippen molar-refractivity contribution < 1.29 is 4.92 Å². The van der Waals surface area contributed by atoms with Gasteiger partial charge >= 0.3 is 0 Å². The second kappa shape index (κ2) is 5.42. The molecule has 1 aromatic rings. The van der Waals surface area contributed by atoms with Crippen LogP contribution in [0.1, 0.15) is 5.56 Å². The van der Waals surface area contributed by atoms with Crippen LogP contribution in [-0.4, -0.2) is 18.2 Å². The molecule has 1 aromatic carbocycles. The third-order valence-corrected chi connectivity index (χ3v) is 2.06. The van der Waals surface area contributed by atoms with E-state index in [-0.39, 0.29) is 17.0 Å². The molecule has 0 atom stereocenters. The average molecular weight is 230 g/mol. The fourth-order valence-corrected chi connectivity index (χ4v) is 1.21. The monoisotopic (exact) mass is 230 g/mol. The van der Waals surface area contributed by atoms with Gasteiger partial charge in [0.25, 0.3) is 5.69 Å². The van der Waals surface area contributed by atoms with E-state index >= 15 is 0 Å². The van der Waals surface area contributed by atoms with Crippen LogP contribution in [0.3, 0.4) is 0 Å². The van der Waals surface area contributed by atoms with Crippen molar-refractivity contribution in [2.45, 2.75) is 0 Å². The Bertz CT molecular complexity index is 523. The van der Waals surface area contributed by atoms with Crippen LogP contribution in [0.5, 0.6) is 0 Å². The van der Waals surface area contributed by atoms with Gasteiger partial charge in [0.2, 0.25) is 0 Å². The Morgan fingerprint density at radius 2 is 2.12 bits per heavy atom. The van der Waals surface area contributed by atoms with E-state index < -0.39 is 4.92 Å². The predicted octanol–water partition coefficient (Wildman–Crippen LogP) is 1.49. The van der Waals surface area contributed by atoms with Crippen molar-refractivity contribution >= 4 is 17.6 Å². The summed E-state index contributed by atoms with van der Waals surface area (Å²) in [6, 6.07) is 7.57. The quantitative estimate of drug-likeness (QED) is 0.367. The van der Waals surface area contributed by atoms with Crippen molar-refractivity contribution in [3.63, 3.8) is 0 Å². The van der Waals surface area contributed by atoms with Gasteiger partial charge in [-0.3, -0.25) is 15.1 Å². The Morgan fingerprint density at radius 1 is 1.53 bits per heavy atom. The maximum atomic E-state index is 10.5. The molecule has 0 saturated heterocycles. The third kappa shape index (κ3) is 2.89. The Hall–Kier alpha value is -2.68. The van der Waals surface area contributed by atoms with Crippen molar-refractivity contribution in [1.29, 1.82) is 5.26 Å². The zero-order valence-electron chi connectivity index (χ0n) is 9.12. The van der Waals surface area contributed by atoms with Crippen LogP contribution in [0.2, 0.25) is 0 Å². The topological polar surface area (TPSA) is 105 Å². The zero-order chi connectivity index (χ0) is 12.8. The molecule has 0 bridgehead atoms. The van der Waals surface area contributed by atoms with Gasteiger partial charge in [0.05, 0.1) is 16.2 Å². The van der Waals surface area contributed by atoms with Gasteiger partial charge in [-0.25, -0.2) is 0 Å². The molecule has 0 aliphatic rings. The number of hydrogen-bond acceptors (Lipinski definition) is 5. The van der Waals surface area contributed by atoms with E-state index in [1.54, 1.807) is 0 Å². The molecule has 0 fully saturated rings. The number of nitro benzene ring substituents is 1. The van der Waals surface area contributed by atoms with Gasteiger partial charge in [0, 0.05) is 25.4 Å². The van der Waals surface area contributed by atoms with E-state index in [9.17, 15) is 10.1 Å². The molecule has 86 valence electrons. The van der Waals surface area contributed by atoms with Crippen molar-refractivity contribution in [3.8, 4) is 6.07 Å². The first-order valence-electron chi connectivity index (χ1n) is 4.67. The average Bonchev–Trinajstić information content (AvgIpc) is 2.35. The fourth-order valence-electron chi connectivity index (χ4n) is 1.21. The number of aliphatic imine (C=N–C) groups is 1. The van der Waals surface area contributed by atoms with Gasteiger partial charge in [-0.1, -0.05) is 0 Å². The number of nitriles is 1. The summed E-state index contributed by atoms with van der Waals surface area (Å²) in [6.45, 7) is 0. The van der Waals surface area contributed by atoms with Crippen LogP contribution in [0.15, 0.2) is 34.8 Å². The zero-order valence-corrected chi connectivity index (χ0v) is 9.12. The summed E-state index contributed by atoms with van der Waals surface area (Å²) < 4.78 is 0. The van der Waals surface area contributed by atoms with Crippen LogP contribution in [0.4, 0.5) is 5.69 Å². The number of benzene rings is 1. The Kier molecular flexibility index (Phi) is 3.95. The van der Waals surface area contributed by atoms with Crippen LogP contribution in [0, 0.1) is 21.4 Å². The highest BCUT2D eigenvalue weighted by molar-refractivity contribution is 5.94. The van der Waals surface area contributed by atoms with E-state index in [2.05, 4.69) is 4.99 Å². The second-order valence-corrected chi connectivity index (χ2v) is 3.13. The lowest BCUT2D eigenvalue weighted by Crippen LogP contribution is -2.02. The van der Waals surface area contributed by atoms with Gasteiger partial charge in [-0.2, -0.15) is 5.26 Å². The van der Waals surface area contributed by atoms with Gasteiger partial charge in [-0.15, -0.1) is 0 Å². The lowest BCUT2D eigenvalue weighted by Gasteiger charge is -2.02. The molecule has 0 heterocycles. The highest BCUT2D eigenvalue weighted by Crippen LogP contribution is 2.17. The summed E-state index contributed by atoms with van der Waals surface area (Å²) in [5, 5.41) is 19.3. The molecule has 0 spiro atoms. The van der Waals surface area contributed by atoms with Crippen molar-refractivity contribution in [2.24, 2.45) is 10.7 Å². The minimum absolute atomic E-state index is 0.0239. The first kappa shape index (κ1) is 12.4. The molecule has 0 aromatic heterocycles. The first-order valence-corrected chi connectivity index (χ1v) is 4.67. The van der Waals surface area contributed by atoms with E-state index in [4.69, 9.17) is 11.0 Å². The van der Waals surface area contributed by atoms with Crippen LogP contribution < -0.4 is 5.73 Å². The minimum Gasteiger partial charge on any atom is -0.397 e. The molecule has 0 saturated carbocycles. The molecular formula is C11H10N4O2. The molecule has 6 heteroatoms. The number of nitrogens with zero attached hydrogens (tertiary/aromatic N) is 3. The summed E-state index contributed by atoms with van der Waals surface area (Å²) in [5.41, 5.74) is 6.75. The smallest absolute Gasteiger partial charge is 0.269 e. The van der Waals surface area contributed by atoms with E-state index in [0.717, 1.165) is 0 Å². The normalized spacial score (nSPS) is 12.0. The Morgan fingerprint density at radius 3 is 2.53 bits per heavy atom. The van der Waals surface area contributed by atoms with Crippen molar-refractivity contribution in [2.75, 3.05) is 7.05 Å². The van der Waals surface area contributed by atoms with Crippen molar-refractivity contribution in [1.82, 2.24) is 0 Å². The third-order valence-electron chi connectivity index (χ3n) is 2.06. The number of hydrogen-bond donors (Lipinski definition) is 1. The van der Waals surface area contributed by atoms with E-state index in [1.165, 1.54) is 37.5 Å². The van der Waals surface area contributed by atoms with Gasteiger partial charge in [0.15, 0.2) is 0 Å². The Labute approximate surface area is 97.8 Å². The summed E-state index contributed by atoms with van der Waals surface area (Å²) in [4.78, 5) is 13.7. The molecular weight excluding hydrogens is 220 g/mol. The maximum absolute atomic E-state index is 10.5. The lowest BCUT2D eigenvalue weighted by atomic mass is 10.1. The van der Waals surface area contributed by atoms with Gasteiger partial charge in [0.1, 0.15) is 6.07 Å². The molecule has 6 nitrogen and oxygen atoms in total. The molecule has 0 unspecified atom stereocenters. The standard InChI is InChI=1S/C11H10N4O2/c1-14-7-9(6-12)11(13)8-2-4-10(5-3-8)15(16)17/h2-5,7H,13H2,1H3/b11-9-,14-7-.